The van der Waals surface area contributed by atoms with Gasteiger partial charge in [-0.2, -0.15) is 0 Å². The number of Topliss-reactive ketones (excluding diaryl/α,β-unsaturated/α-hetero) is 2. The lowest BCUT2D eigenvalue weighted by Crippen LogP contribution is -2.39. The summed E-state index contributed by atoms with van der Waals surface area (Å²) in [6, 6.07) is 16.6. The number of hydrogen-bond acceptors (Lipinski definition) is 5. The molecule has 0 bridgehead atoms. The average molecular weight is 310 g/mol. The first-order chi connectivity index (χ1) is 11.1. The summed E-state index contributed by atoms with van der Waals surface area (Å²) in [5.74, 6) is -1.85. The lowest BCUT2D eigenvalue weighted by Gasteiger charge is -2.09. The van der Waals surface area contributed by atoms with E-state index < -0.39 is 29.2 Å². The summed E-state index contributed by atoms with van der Waals surface area (Å²) in [4.78, 5) is 37.3. The second kappa shape index (κ2) is 5.78. The van der Waals surface area contributed by atoms with Gasteiger partial charge in [-0.25, -0.2) is 4.79 Å². The molecule has 0 N–H and O–H groups in total. The molecule has 1 saturated heterocycles. The van der Waals surface area contributed by atoms with Gasteiger partial charge in [0.25, 0.3) is 5.60 Å². The fraction of sp³-hybridized carbons (Fsp3) is 0.167. The number of carbonyl (C=O) groups excluding carboxylic acids is 3. The standard InChI is InChI=1S/C18H14O5/c1-22-17(21)18(15(20)13-10-6-3-7-11-13)16(23-18)14(19)12-8-4-2-5-9-12/h2-11,16H,1H3/t16-,18+/m0/s1. The van der Waals surface area contributed by atoms with Gasteiger partial charge < -0.3 is 9.47 Å². The van der Waals surface area contributed by atoms with E-state index >= 15 is 0 Å². The third-order valence-corrected chi connectivity index (χ3v) is 3.77. The van der Waals surface area contributed by atoms with E-state index in [1.165, 1.54) is 0 Å². The molecule has 2 atom stereocenters. The zero-order valence-corrected chi connectivity index (χ0v) is 12.4. The topological polar surface area (TPSA) is 73.0 Å². The van der Waals surface area contributed by atoms with E-state index in [0.29, 0.717) is 11.1 Å². The molecule has 2 aromatic carbocycles. The number of hydrogen-bond donors (Lipinski definition) is 0. The minimum atomic E-state index is -1.89. The quantitative estimate of drug-likeness (QED) is 0.366. The maximum Gasteiger partial charge on any atom is 0.349 e. The van der Waals surface area contributed by atoms with E-state index in [4.69, 9.17) is 9.47 Å². The van der Waals surface area contributed by atoms with Crippen LogP contribution in [0.3, 0.4) is 0 Å². The molecule has 0 saturated carbocycles. The largest absolute Gasteiger partial charge is 0.466 e. The van der Waals surface area contributed by atoms with Gasteiger partial charge in [0.2, 0.25) is 5.78 Å². The van der Waals surface area contributed by atoms with Gasteiger partial charge in [-0.3, -0.25) is 9.59 Å². The fourth-order valence-corrected chi connectivity index (χ4v) is 2.52. The molecule has 0 aromatic heterocycles. The number of ketones is 2. The van der Waals surface area contributed by atoms with Crippen molar-refractivity contribution in [2.45, 2.75) is 11.7 Å². The van der Waals surface area contributed by atoms with Gasteiger partial charge >= 0.3 is 5.97 Å². The average Bonchev–Trinajstić information content (AvgIpc) is 3.38. The van der Waals surface area contributed by atoms with Crippen molar-refractivity contribution in [3.63, 3.8) is 0 Å². The van der Waals surface area contributed by atoms with Crippen molar-refractivity contribution in [2.24, 2.45) is 0 Å². The van der Waals surface area contributed by atoms with Gasteiger partial charge in [-0.1, -0.05) is 60.7 Å². The van der Waals surface area contributed by atoms with Crippen LogP contribution in [0.15, 0.2) is 60.7 Å². The van der Waals surface area contributed by atoms with Crippen molar-refractivity contribution in [3.8, 4) is 0 Å². The summed E-state index contributed by atoms with van der Waals surface area (Å²) >= 11 is 0. The van der Waals surface area contributed by atoms with Gasteiger partial charge in [0.15, 0.2) is 11.9 Å². The van der Waals surface area contributed by atoms with Crippen molar-refractivity contribution in [1.82, 2.24) is 0 Å². The molecule has 116 valence electrons. The van der Waals surface area contributed by atoms with Crippen LogP contribution >= 0.6 is 0 Å². The molecule has 5 heteroatoms. The van der Waals surface area contributed by atoms with Crippen LogP contribution in [0.25, 0.3) is 0 Å². The van der Waals surface area contributed by atoms with Gasteiger partial charge in [0.1, 0.15) is 0 Å². The highest BCUT2D eigenvalue weighted by molar-refractivity contribution is 6.24. The van der Waals surface area contributed by atoms with Crippen LogP contribution in [-0.2, 0) is 14.3 Å². The molecule has 0 unspecified atom stereocenters. The maximum atomic E-state index is 12.7. The van der Waals surface area contributed by atoms with E-state index in [9.17, 15) is 14.4 Å². The number of carbonyl (C=O) groups is 3. The first kappa shape index (κ1) is 15.1. The molecule has 5 nitrogen and oxygen atoms in total. The predicted molar refractivity (Wildman–Crippen MR) is 81.2 cm³/mol. The monoisotopic (exact) mass is 310 g/mol. The fourth-order valence-electron chi connectivity index (χ4n) is 2.52. The van der Waals surface area contributed by atoms with Gasteiger partial charge in [-0.15, -0.1) is 0 Å². The Bertz CT molecular complexity index is 753. The summed E-state index contributed by atoms with van der Waals surface area (Å²) in [5.41, 5.74) is -1.21. The van der Waals surface area contributed by atoms with E-state index in [1.54, 1.807) is 60.7 Å². The van der Waals surface area contributed by atoms with Crippen LogP contribution in [-0.4, -0.2) is 36.4 Å². The molecular formula is C18H14O5. The molecule has 1 aliphatic rings. The Morgan fingerprint density at radius 1 is 0.913 bits per heavy atom. The number of methoxy groups -OCH3 is 1. The second-order valence-corrected chi connectivity index (χ2v) is 5.15. The highest BCUT2D eigenvalue weighted by Gasteiger charge is 2.72. The zero-order chi connectivity index (χ0) is 16.4. The first-order valence-electron chi connectivity index (χ1n) is 7.06. The van der Waals surface area contributed by atoms with Crippen LogP contribution < -0.4 is 0 Å². The molecule has 0 amide bonds. The van der Waals surface area contributed by atoms with E-state index in [0.717, 1.165) is 7.11 Å². The first-order valence-corrected chi connectivity index (χ1v) is 7.06. The molecule has 2 aromatic rings. The summed E-state index contributed by atoms with van der Waals surface area (Å²) < 4.78 is 10.0. The van der Waals surface area contributed by atoms with Crippen LogP contribution in [0.1, 0.15) is 20.7 Å². The number of esters is 1. The highest BCUT2D eigenvalue weighted by Crippen LogP contribution is 2.42. The molecule has 3 rings (SSSR count). The maximum absolute atomic E-state index is 12.7. The summed E-state index contributed by atoms with van der Waals surface area (Å²) in [6.07, 6.45) is -1.16. The molecule has 23 heavy (non-hydrogen) atoms. The zero-order valence-electron chi connectivity index (χ0n) is 12.4. The number of rotatable bonds is 5. The van der Waals surface area contributed by atoms with E-state index in [1.807, 2.05) is 0 Å². The molecule has 1 fully saturated rings. The van der Waals surface area contributed by atoms with Crippen molar-refractivity contribution < 1.29 is 23.9 Å². The van der Waals surface area contributed by atoms with Crippen molar-refractivity contribution in [1.29, 1.82) is 0 Å². The van der Waals surface area contributed by atoms with Gasteiger partial charge in [0.05, 0.1) is 7.11 Å². The van der Waals surface area contributed by atoms with Crippen molar-refractivity contribution >= 4 is 17.5 Å². The summed E-state index contributed by atoms with van der Waals surface area (Å²) in [6.45, 7) is 0. The van der Waals surface area contributed by atoms with Gasteiger partial charge in [-0.05, 0) is 0 Å². The Labute approximate surface area is 132 Å². The third-order valence-electron chi connectivity index (χ3n) is 3.77. The molecule has 1 heterocycles. The molecule has 1 aliphatic heterocycles. The predicted octanol–water partition coefficient (Wildman–Crippen LogP) is 2.06. The minimum absolute atomic E-state index is 0.293. The molecule has 0 spiro atoms. The Morgan fingerprint density at radius 3 is 1.96 bits per heavy atom. The van der Waals surface area contributed by atoms with E-state index in [2.05, 4.69) is 0 Å². The van der Waals surface area contributed by atoms with E-state index in [-0.39, 0.29) is 0 Å². The lowest BCUT2D eigenvalue weighted by molar-refractivity contribution is -0.144. The Hall–Kier alpha value is -2.79. The Morgan fingerprint density at radius 2 is 1.43 bits per heavy atom. The van der Waals surface area contributed by atoms with Crippen LogP contribution in [0.2, 0.25) is 0 Å². The van der Waals surface area contributed by atoms with Gasteiger partial charge in [0, 0.05) is 11.1 Å². The molecule has 0 radical (unpaired) electrons. The number of ether oxygens (including phenoxy) is 2. The number of benzene rings is 2. The van der Waals surface area contributed by atoms with Crippen molar-refractivity contribution in [3.05, 3.63) is 71.8 Å². The number of epoxide rings is 1. The third kappa shape index (κ3) is 2.45. The molecular weight excluding hydrogens is 296 g/mol. The summed E-state index contributed by atoms with van der Waals surface area (Å²) in [5, 5.41) is 0. The van der Waals surface area contributed by atoms with Crippen LogP contribution in [0.4, 0.5) is 0 Å². The van der Waals surface area contributed by atoms with Crippen LogP contribution in [0.5, 0.6) is 0 Å². The Kier molecular flexibility index (Phi) is 3.80. The van der Waals surface area contributed by atoms with Crippen LogP contribution in [0, 0.1) is 0 Å². The highest BCUT2D eigenvalue weighted by atomic mass is 16.7. The second-order valence-electron chi connectivity index (χ2n) is 5.15. The van der Waals surface area contributed by atoms with Crippen molar-refractivity contribution in [2.75, 3.05) is 7.11 Å². The summed E-state index contributed by atoms with van der Waals surface area (Å²) in [7, 11) is 1.16. The molecule has 0 aliphatic carbocycles. The smallest absolute Gasteiger partial charge is 0.349 e. The lowest BCUT2D eigenvalue weighted by atomic mass is 9.90. The SMILES string of the molecule is COC(=O)[C@]1(C(=O)c2ccccc2)O[C@H]1C(=O)c1ccccc1. The Balaban J connectivity index is 1.94. The normalized spacial score (nSPS) is 22.2. The minimum Gasteiger partial charge on any atom is -0.466 e.